The van der Waals surface area contributed by atoms with Gasteiger partial charge < -0.3 is 16.2 Å². The van der Waals surface area contributed by atoms with Crippen LogP contribution in [0, 0.1) is 16.6 Å². The van der Waals surface area contributed by atoms with Crippen molar-refractivity contribution in [2.45, 2.75) is 58.8 Å². The Morgan fingerprint density at radius 2 is 1.62 bits per heavy atom. The van der Waals surface area contributed by atoms with Crippen LogP contribution < -0.4 is 11.1 Å². The summed E-state index contributed by atoms with van der Waals surface area (Å²) in [5.74, 6) is -1.26. The summed E-state index contributed by atoms with van der Waals surface area (Å²) in [7, 11) is 0. The van der Waals surface area contributed by atoms with Gasteiger partial charge in [0.1, 0.15) is 0 Å². The van der Waals surface area contributed by atoms with Crippen LogP contribution in [-0.4, -0.2) is 17.0 Å². The van der Waals surface area contributed by atoms with Crippen LogP contribution in [0.25, 0.3) is 0 Å². The van der Waals surface area contributed by atoms with Crippen LogP contribution in [0.4, 0.5) is 11.4 Å². The summed E-state index contributed by atoms with van der Waals surface area (Å²) in [5, 5.41) is 12.4. The molecule has 5 nitrogen and oxygen atoms in total. The maximum absolute atomic E-state index is 12.6. The number of nitrogens with two attached hydrogens (primary N) is 1. The van der Waals surface area contributed by atoms with Gasteiger partial charge in [0.05, 0.1) is 27.6 Å². The lowest BCUT2D eigenvalue weighted by molar-refractivity contribution is -0.119. The minimum Gasteiger partial charge on any atom is -0.478 e. The van der Waals surface area contributed by atoms with E-state index in [0.717, 1.165) is 19.3 Å². The third-order valence-electron chi connectivity index (χ3n) is 4.25. The molecule has 1 aromatic carbocycles. The highest BCUT2D eigenvalue weighted by atomic mass is 127. The number of unbranched alkanes of at least 4 members (excludes halogenated alkanes) is 5. The van der Waals surface area contributed by atoms with E-state index in [1.54, 1.807) is 0 Å². The molecule has 0 aliphatic rings. The normalized spacial score (nSPS) is 12.0. The van der Waals surface area contributed by atoms with Gasteiger partial charge in [-0.25, -0.2) is 4.79 Å². The van der Waals surface area contributed by atoms with Crippen LogP contribution in [0.5, 0.6) is 0 Å². The molecule has 1 aromatic rings. The number of rotatable bonds is 10. The summed E-state index contributed by atoms with van der Waals surface area (Å²) < 4.78 is 1.70. The zero-order valence-electron chi connectivity index (χ0n) is 15.0. The van der Waals surface area contributed by atoms with Gasteiger partial charge >= 0.3 is 5.97 Å². The molecule has 8 heteroatoms. The lowest BCUT2D eigenvalue weighted by atomic mass is 10.0. The Morgan fingerprint density at radius 3 is 2.19 bits per heavy atom. The van der Waals surface area contributed by atoms with Crippen LogP contribution in [-0.2, 0) is 4.79 Å². The van der Waals surface area contributed by atoms with Gasteiger partial charge in [0.15, 0.2) is 0 Å². The van der Waals surface area contributed by atoms with E-state index >= 15 is 0 Å². The second kappa shape index (κ2) is 11.9. The number of aromatic carboxylic acids is 1. The fourth-order valence-electron chi connectivity index (χ4n) is 2.59. The van der Waals surface area contributed by atoms with Crippen molar-refractivity contribution in [3.63, 3.8) is 0 Å². The number of nitrogens with one attached hydrogen (secondary N) is 1. The predicted octanol–water partition coefficient (Wildman–Crippen LogP) is 6.11. The molecule has 1 amide bonds. The summed E-state index contributed by atoms with van der Waals surface area (Å²) in [6.45, 7) is 4.11. The number of nitrogen functional groups attached to an aromatic ring is 1. The van der Waals surface area contributed by atoms with E-state index in [4.69, 9.17) is 5.73 Å². The Hall–Kier alpha value is 0.150. The first kappa shape index (κ1) is 24.2. The molecule has 1 unspecified atom stereocenters. The van der Waals surface area contributed by atoms with Gasteiger partial charge in [0.2, 0.25) is 5.91 Å². The third kappa shape index (κ3) is 6.64. The smallest absolute Gasteiger partial charge is 0.338 e. The standard InChI is InChI=1S/C18H25I3N2O3/c1-3-4-5-6-7-8-9-10(2)17(24)23-16-13(20)11(18(25)26)12(19)15(22)14(16)21/h10H,3-9,22H2,1-2H3,(H,23,24)(H,25,26). The molecule has 0 bridgehead atoms. The summed E-state index contributed by atoms with van der Waals surface area (Å²) in [4.78, 5) is 24.1. The van der Waals surface area contributed by atoms with Crippen molar-refractivity contribution < 1.29 is 14.7 Å². The molecule has 0 saturated heterocycles. The van der Waals surface area contributed by atoms with Gasteiger partial charge in [0, 0.05) is 5.92 Å². The zero-order chi connectivity index (χ0) is 19.9. The molecule has 0 heterocycles. The molecule has 0 saturated carbocycles. The molecule has 0 fully saturated rings. The number of hydrogen-bond donors (Lipinski definition) is 3. The Balaban J connectivity index is 2.79. The highest BCUT2D eigenvalue weighted by Gasteiger charge is 2.25. The number of halogens is 3. The fourth-order valence-corrected chi connectivity index (χ4v) is 6.49. The number of anilines is 2. The van der Waals surface area contributed by atoms with Crippen LogP contribution in [0.2, 0.25) is 0 Å². The Kier molecular flexibility index (Phi) is 11.0. The lowest BCUT2D eigenvalue weighted by Crippen LogP contribution is -2.23. The van der Waals surface area contributed by atoms with Gasteiger partial charge in [-0.2, -0.15) is 0 Å². The maximum atomic E-state index is 12.6. The van der Waals surface area contributed by atoms with Crippen molar-refractivity contribution >= 4 is 91.0 Å². The first-order chi connectivity index (χ1) is 12.2. The number of benzene rings is 1. The van der Waals surface area contributed by atoms with E-state index in [9.17, 15) is 14.7 Å². The summed E-state index contributed by atoms with van der Waals surface area (Å²) >= 11 is 5.96. The highest BCUT2D eigenvalue weighted by Crippen LogP contribution is 2.37. The van der Waals surface area contributed by atoms with Crippen molar-refractivity contribution in [2.75, 3.05) is 11.1 Å². The molecule has 146 valence electrons. The largest absolute Gasteiger partial charge is 0.478 e. The summed E-state index contributed by atoms with van der Waals surface area (Å²) in [5.41, 5.74) is 7.08. The van der Waals surface area contributed by atoms with Gasteiger partial charge in [0.25, 0.3) is 0 Å². The van der Waals surface area contributed by atoms with Crippen molar-refractivity contribution in [1.82, 2.24) is 0 Å². The molecule has 0 aromatic heterocycles. The maximum Gasteiger partial charge on any atom is 0.338 e. The summed E-state index contributed by atoms with van der Waals surface area (Å²) in [6.07, 6.45) is 7.98. The SMILES string of the molecule is CCCCCCCCC(C)C(=O)Nc1c(I)c(N)c(I)c(C(=O)O)c1I. The molecular weight excluding hydrogens is 673 g/mol. The lowest BCUT2D eigenvalue weighted by Gasteiger charge is -2.18. The van der Waals surface area contributed by atoms with Crippen LogP contribution >= 0.6 is 67.8 Å². The van der Waals surface area contributed by atoms with E-state index in [1.165, 1.54) is 25.7 Å². The number of carbonyl (C=O) groups excluding carboxylic acids is 1. The molecule has 0 spiro atoms. The number of carboxylic acids is 1. The Labute approximate surface area is 196 Å². The monoisotopic (exact) mass is 698 g/mol. The topological polar surface area (TPSA) is 92.4 Å². The number of hydrogen-bond acceptors (Lipinski definition) is 3. The van der Waals surface area contributed by atoms with E-state index in [-0.39, 0.29) is 17.4 Å². The molecule has 1 rings (SSSR count). The Morgan fingerprint density at radius 1 is 1.04 bits per heavy atom. The van der Waals surface area contributed by atoms with Crippen molar-refractivity contribution in [2.24, 2.45) is 5.92 Å². The first-order valence-corrected chi connectivity index (χ1v) is 12.0. The molecule has 0 aliphatic carbocycles. The van der Waals surface area contributed by atoms with Gasteiger partial charge in [-0.1, -0.05) is 52.4 Å². The first-order valence-electron chi connectivity index (χ1n) is 8.72. The molecule has 26 heavy (non-hydrogen) atoms. The Bertz CT molecular complexity index is 666. The second-order valence-electron chi connectivity index (χ2n) is 6.36. The van der Waals surface area contributed by atoms with Crippen LogP contribution in [0.3, 0.4) is 0 Å². The number of carbonyl (C=O) groups is 2. The quantitative estimate of drug-likeness (QED) is 0.157. The van der Waals surface area contributed by atoms with E-state index in [1.807, 2.05) is 52.1 Å². The van der Waals surface area contributed by atoms with Crippen molar-refractivity contribution in [3.05, 3.63) is 16.3 Å². The average molecular weight is 698 g/mol. The highest BCUT2D eigenvalue weighted by molar-refractivity contribution is 14.1. The van der Waals surface area contributed by atoms with E-state index in [0.29, 0.717) is 22.1 Å². The minimum atomic E-state index is -1.04. The van der Waals surface area contributed by atoms with Crippen LogP contribution in [0.1, 0.15) is 69.2 Å². The predicted molar refractivity (Wildman–Crippen MR) is 132 cm³/mol. The molecular formula is C18H25I3N2O3. The van der Waals surface area contributed by atoms with Crippen molar-refractivity contribution in [3.8, 4) is 0 Å². The number of amides is 1. The number of carboxylic acid groups (broad SMARTS) is 1. The van der Waals surface area contributed by atoms with Crippen LogP contribution in [0.15, 0.2) is 0 Å². The average Bonchev–Trinajstić information content (AvgIpc) is 2.59. The van der Waals surface area contributed by atoms with E-state index in [2.05, 4.69) is 34.8 Å². The van der Waals surface area contributed by atoms with Gasteiger partial charge in [-0.3, -0.25) is 4.79 Å². The minimum absolute atomic E-state index is 0.0914. The van der Waals surface area contributed by atoms with E-state index < -0.39 is 5.97 Å². The summed E-state index contributed by atoms with van der Waals surface area (Å²) in [6, 6.07) is 0. The van der Waals surface area contributed by atoms with Crippen molar-refractivity contribution in [1.29, 1.82) is 0 Å². The molecule has 0 radical (unpaired) electrons. The van der Waals surface area contributed by atoms with Gasteiger partial charge in [-0.15, -0.1) is 0 Å². The second-order valence-corrected chi connectivity index (χ2v) is 9.59. The van der Waals surface area contributed by atoms with Gasteiger partial charge in [-0.05, 0) is 74.2 Å². The molecule has 0 aliphatic heterocycles. The third-order valence-corrected chi connectivity index (χ3v) is 7.57. The molecule has 4 N–H and O–H groups in total. The fraction of sp³-hybridized carbons (Fsp3) is 0.556. The zero-order valence-corrected chi connectivity index (χ0v) is 21.5. The molecule has 1 atom stereocenters.